The minimum atomic E-state index is -1.02. The second-order valence-corrected chi connectivity index (χ2v) is 8.11. The van der Waals surface area contributed by atoms with Gasteiger partial charge in [0.1, 0.15) is 5.92 Å². The molecule has 1 aliphatic heterocycles. The summed E-state index contributed by atoms with van der Waals surface area (Å²) in [5.41, 5.74) is 0.391. The summed E-state index contributed by atoms with van der Waals surface area (Å²) < 4.78 is 0. The Morgan fingerprint density at radius 2 is 1.82 bits per heavy atom. The first-order valence-corrected chi connectivity index (χ1v) is 10.6. The van der Waals surface area contributed by atoms with Crippen molar-refractivity contribution < 1.29 is 14.4 Å². The molecule has 1 fully saturated rings. The van der Waals surface area contributed by atoms with Crippen molar-refractivity contribution in [2.75, 3.05) is 26.2 Å². The van der Waals surface area contributed by atoms with Crippen LogP contribution in [-0.2, 0) is 9.59 Å². The van der Waals surface area contributed by atoms with Gasteiger partial charge >= 0.3 is 0 Å². The van der Waals surface area contributed by atoms with E-state index < -0.39 is 23.7 Å². The second-order valence-electron chi connectivity index (χ2n) is 6.70. The first-order valence-electron chi connectivity index (χ1n) is 9.38. The number of ketones is 2. The lowest BCUT2D eigenvalue weighted by Gasteiger charge is -2.28. The average Bonchev–Trinajstić information content (AvgIpc) is 3.31. The van der Waals surface area contributed by atoms with Crippen molar-refractivity contribution in [1.29, 1.82) is 0 Å². The van der Waals surface area contributed by atoms with Crippen LogP contribution in [-0.4, -0.2) is 53.5 Å². The van der Waals surface area contributed by atoms with Crippen LogP contribution in [0.15, 0.2) is 41.8 Å². The number of carbonyl (C=O) groups excluding carboxylic acids is 3. The number of amides is 1. The molecule has 2 unspecified atom stereocenters. The molecular weight excluding hydrogens is 396 g/mol. The van der Waals surface area contributed by atoms with E-state index in [-0.39, 0.29) is 5.78 Å². The van der Waals surface area contributed by atoms with Crippen molar-refractivity contribution in [1.82, 2.24) is 9.80 Å². The van der Waals surface area contributed by atoms with Crippen LogP contribution in [0.25, 0.3) is 0 Å². The maximum absolute atomic E-state index is 13.2. The largest absolute Gasteiger partial charge is 0.326 e. The van der Waals surface area contributed by atoms with Crippen molar-refractivity contribution in [2.45, 2.75) is 19.9 Å². The summed E-state index contributed by atoms with van der Waals surface area (Å²) in [7, 11) is 0. The Kier molecular flexibility index (Phi) is 6.65. The summed E-state index contributed by atoms with van der Waals surface area (Å²) in [5, 5.41) is 2.41. The summed E-state index contributed by atoms with van der Waals surface area (Å²) in [6.45, 7) is 6.93. The lowest BCUT2D eigenvalue weighted by molar-refractivity contribution is -0.140. The Morgan fingerprint density at radius 3 is 2.39 bits per heavy atom. The summed E-state index contributed by atoms with van der Waals surface area (Å²) in [6.07, 6.45) is 0. The predicted octanol–water partition coefficient (Wildman–Crippen LogP) is 3.69. The van der Waals surface area contributed by atoms with Crippen LogP contribution in [0.1, 0.15) is 35.1 Å². The van der Waals surface area contributed by atoms with E-state index in [1.807, 2.05) is 17.5 Å². The topological polar surface area (TPSA) is 57.7 Å². The number of likely N-dealkylation sites (N-methyl/N-ethyl adjacent to an activating group) is 1. The fourth-order valence-corrected chi connectivity index (χ4v) is 4.59. The molecule has 1 amide bonds. The molecule has 1 saturated heterocycles. The number of carbonyl (C=O) groups is 3. The van der Waals surface area contributed by atoms with Crippen LogP contribution in [0.2, 0.25) is 5.02 Å². The van der Waals surface area contributed by atoms with Gasteiger partial charge in [-0.3, -0.25) is 14.4 Å². The molecule has 3 rings (SSSR count). The summed E-state index contributed by atoms with van der Waals surface area (Å²) in [4.78, 5) is 43.4. The van der Waals surface area contributed by atoms with Gasteiger partial charge in [0.05, 0.1) is 6.04 Å². The van der Waals surface area contributed by atoms with Gasteiger partial charge in [0.15, 0.2) is 5.78 Å². The van der Waals surface area contributed by atoms with Crippen molar-refractivity contribution in [3.05, 3.63) is 57.2 Å². The fourth-order valence-electron chi connectivity index (χ4n) is 3.59. The molecule has 1 aromatic carbocycles. The van der Waals surface area contributed by atoms with Gasteiger partial charge in [-0.1, -0.05) is 31.5 Å². The Hall–Kier alpha value is -2.02. The monoisotopic (exact) mass is 418 g/mol. The highest BCUT2D eigenvalue weighted by Gasteiger charge is 2.51. The molecule has 28 heavy (non-hydrogen) atoms. The van der Waals surface area contributed by atoms with E-state index in [0.29, 0.717) is 23.7 Å². The standard InChI is InChI=1S/C21H23ClN2O3S/c1-3-23(4-2)11-12-24-18(16-6-5-13-28-16)17(20(26)21(24)27)19(25)14-7-9-15(22)10-8-14/h5-10,13,17-18H,3-4,11-12H2,1-2H3. The van der Waals surface area contributed by atoms with Gasteiger partial charge in [0.2, 0.25) is 5.78 Å². The van der Waals surface area contributed by atoms with Gasteiger partial charge in [-0.2, -0.15) is 0 Å². The molecule has 0 aliphatic carbocycles. The summed E-state index contributed by atoms with van der Waals surface area (Å²) in [6, 6.07) is 9.65. The third-order valence-electron chi connectivity index (χ3n) is 5.20. The molecule has 0 radical (unpaired) electrons. The molecule has 2 aromatic rings. The van der Waals surface area contributed by atoms with E-state index in [1.165, 1.54) is 11.3 Å². The third kappa shape index (κ3) is 4.04. The van der Waals surface area contributed by atoms with Crippen LogP contribution >= 0.6 is 22.9 Å². The number of rotatable bonds is 8. The van der Waals surface area contributed by atoms with Crippen molar-refractivity contribution in [3.63, 3.8) is 0 Å². The van der Waals surface area contributed by atoms with Gasteiger partial charge < -0.3 is 9.80 Å². The SMILES string of the molecule is CCN(CC)CCN1C(=O)C(=O)C(C(=O)c2ccc(Cl)cc2)C1c1cccs1. The van der Waals surface area contributed by atoms with Gasteiger partial charge in [-0.25, -0.2) is 0 Å². The van der Waals surface area contributed by atoms with E-state index in [4.69, 9.17) is 11.6 Å². The molecule has 0 saturated carbocycles. The number of halogens is 1. The van der Waals surface area contributed by atoms with Gasteiger partial charge in [-0.05, 0) is 48.8 Å². The van der Waals surface area contributed by atoms with Crippen LogP contribution in [0.5, 0.6) is 0 Å². The van der Waals surface area contributed by atoms with E-state index in [1.54, 1.807) is 29.2 Å². The lowest BCUT2D eigenvalue weighted by atomic mass is 9.89. The highest BCUT2D eigenvalue weighted by Crippen LogP contribution is 2.40. The van der Waals surface area contributed by atoms with Crippen LogP contribution < -0.4 is 0 Å². The maximum Gasteiger partial charge on any atom is 0.291 e. The van der Waals surface area contributed by atoms with Gasteiger partial charge in [0.25, 0.3) is 5.91 Å². The highest BCUT2D eigenvalue weighted by molar-refractivity contribution is 7.10. The second kappa shape index (κ2) is 8.99. The van der Waals surface area contributed by atoms with E-state index in [2.05, 4.69) is 18.7 Å². The van der Waals surface area contributed by atoms with Crippen molar-refractivity contribution in [2.24, 2.45) is 5.92 Å². The molecular formula is C21H23ClN2O3S. The molecule has 7 heteroatoms. The quantitative estimate of drug-likeness (QED) is 0.372. The minimum Gasteiger partial charge on any atom is -0.326 e. The highest BCUT2D eigenvalue weighted by atomic mass is 35.5. The molecule has 1 aromatic heterocycles. The maximum atomic E-state index is 13.2. The number of thiophene rings is 1. The third-order valence-corrected chi connectivity index (χ3v) is 6.40. The Morgan fingerprint density at radius 1 is 1.14 bits per heavy atom. The zero-order valence-corrected chi connectivity index (χ0v) is 17.5. The van der Waals surface area contributed by atoms with Gasteiger partial charge in [0, 0.05) is 28.6 Å². The number of benzene rings is 1. The Labute approximate surface area is 173 Å². The molecule has 148 valence electrons. The first kappa shape index (κ1) is 20.7. The van der Waals surface area contributed by atoms with Crippen LogP contribution in [0, 0.1) is 5.92 Å². The van der Waals surface area contributed by atoms with Crippen molar-refractivity contribution in [3.8, 4) is 0 Å². The predicted molar refractivity (Wildman–Crippen MR) is 111 cm³/mol. The molecule has 0 N–H and O–H groups in total. The number of hydrogen-bond acceptors (Lipinski definition) is 5. The smallest absolute Gasteiger partial charge is 0.291 e. The van der Waals surface area contributed by atoms with E-state index in [0.717, 1.165) is 18.0 Å². The van der Waals surface area contributed by atoms with Crippen LogP contribution in [0.3, 0.4) is 0 Å². The number of likely N-dealkylation sites (tertiary alicyclic amines) is 1. The molecule has 0 spiro atoms. The van der Waals surface area contributed by atoms with Crippen LogP contribution in [0.4, 0.5) is 0 Å². The lowest BCUT2D eigenvalue weighted by Crippen LogP contribution is -2.38. The fraction of sp³-hybridized carbons (Fsp3) is 0.381. The Bertz CT molecular complexity index is 847. The zero-order valence-electron chi connectivity index (χ0n) is 15.9. The normalized spacial score (nSPS) is 19.6. The molecule has 0 bridgehead atoms. The van der Waals surface area contributed by atoms with Crippen molar-refractivity contribution >= 4 is 40.4 Å². The number of nitrogens with zero attached hydrogens (tertiary/aromatic N) is 2. The Balaban J connectivity index is 1.94. The summed E-state index contributed by atoms with van der Waals surface area (Å²) >= 11 is 7.38. The van der Waals surface area contributed by atoms with E-state index >= 15 is 0 Å². The van der Waals surface area contributed by atoms with Gasteiger partial charge in [-0.15, -0.1) is 11.3 Å². The molecule has 2 heterocycles. The average molecular weight is 419 g/mol. The van der Waals surface area contributed by atoms with E-state index in [9.17, 15) is 14.4 Å². The molecule has 5 nitrogen and oxygen atoms in total. The molecule has 1 aliphatic rings. The first-order chi connectivity index (χ1) is 13.5. The number of hydrogen-bond donors (Lipinski definition) is 0. The molecule has 2 atom stereocenters. The minimum absolute atomic E-state index is 0.334. The zero-order chi connectivity index (χ0) is 20.3. The summed E-state index contributed by atoms with van der Waals surface area (Å²) in [5.74, 6) is -2.56. The number of Topliss-reactive ketones (excluding diaryl/α,β-unsaturated/α-hetero) is 2.